The molecular weight excluding hydrogens is 528 g/mol. The third-order valence-corrected chi connectivity index (χ3v) is 8.21. The van der Waals surface area contributed by atoms with Crippen molar-refractivity contribution in [2.24, 2.45) is 5.73 Å². The molecule has 7 nitrogen and oxygen atoms in total. The molecule has 3 heterocycles. The van der Waals surface area contributed by atoms with Gasteiger partial charge in [0.05, 0.1) is 16.3 Å². The third-order valence-electron chi connectivity index (χ3n) is 7.55. The standard InChI is InChI=1S/C28H30Cl2FN5O2/c1-2-36-11-9-28(10-12-36)8-7-16-13-17(3-6-22(16)38-28)25(33)19-14-18(4-5-21(19)32)37-27(34)23-20(29)15-35-26(31)24(23)30/h3-6,13-15,27,33H,2,7-12,32,34H2,1H3/t27-/m0/s1. The van der Waals surface area contributed by atoms with Crippen molar-refractivity contribution < 1.29 is 13.9 Å². The first-order valence-corrected chi connectivity index (χ1v) is 13.4. The van der Waals surface area contributed by atoms with Gasteiger partial charge in [-0.15, -0.1) is 0 Å². The smallest absolute Gasteiger partial charge is 0.232 e. The van der Waals surface area contributed by atoms with E-state index in [0.29, 0.717) is 17.0 Å². The Kier molecular flexibility index (Phi) is 7.51. The van der Waals surface area contributed by atoms with Crippen molar-refractivity contribution in [1.29, 1.82) is 5.41 Å². The quantitative estimate of drug-likeness (QED) is 0.154. The Balaban J connectivity index is 1.34. The van der Waals surface area contributed by atoms with Crippen molar-refractivity contribution in [3.63, 3.8) is 0 Å². The van der Waals surface area contributed by atoms with E-state index < -0.39 is 12.2 Å². The molecule has 2 aromatic carbocycles. The number of aromatic nitrogens is 1. The average Bonchev–Trinajstić information content (AvgIpc) is 2.92. The van der Waals surface area contributed by atoms with Gasteiger partial charge in [-0.2, -0.15) is 4.39 Å². The van der Waals surface area contributed by atoms with E-state index in [2.05, 4.69) is 16.8 Å². The number of hydrogen-bond donors (Lipinski definition) is 3. The van der Waals surface area contributed by atoms with E-state index in [-0.39, 0.29) is 26.9 Å². The van der Waals surface area contributed by atoms with Gasteiger partial charge in [0.25, 0.3) is 0 Å². The zero-order valence-electron chi connectivity index (χ0n) is 21.1. The molecule has 1 saturated heterocycles. The van der Waals surface area contributed by atoms with Crippen LogP contribution in [0.3, 0.4) is 0 Å². The average molecular weight is 558 g/mol. The number of nitrogens with one attached hydrogen (secondary N) is 1. The van der Waals surface area contributed by atoms with Crippen LogP contribution in [0.5, 0.6) is 11.5 Å². The number of nitrogen functional groups attached to an aromatic ring is 1. The molecule has 10 heteroatoms. The van der Waals surface area contributed by atoms with E-state index in [1.807, 2.05) is 18.2 Å². The normalized spacial score (nSPS) is 17.5. The van der Waals surface area contributed by atoms with Gasteiger partial charge in [-0.05, 0) is 74.2 Å². The number of nitrogens with two attached hydrogens (primary N) is 2. The number of hydrogen-bond acceptors (Lipinski definition) is 7. The SMILES string of the molecule is CCN1CCC2(CCc3cc(C(=N)c4cc(O[C@H](N)c5c(Cl)cnc(F)c5Cl)ccc4N)ccc3O2)CC1. The lowest BCUT2D eigenvalue weighted by Gasteiger charge is -2.44. The molecule has 1 spiro atoms. The molecule has 0 saturated carbocycles. The summed E-state index contributed by atoms with van der Waals surface area (Å²) in [6, 6.07) is 10.7. The summed E-state index contributed by atoms with van der Waals surface area (Å²) in [5.74, 6) is 0.336. The Labute approximate surface area is 231 Å². The highest BCUT2D eigenvalue weighted by atomic mass is 35.5. The highest BCUT2D eigenvalue weighted by Gasteiger charge is 2.39. The molecule has 1 aromatic heterocycles. The second kappa shape index (κ2) is 10.7. The maximum atomic E-state index is 13.9. The summed E-state index contributed by atoms with van der Waals surface area (Å²) in [5.41, 5.74) is 15.3. The number of pyridine rings is 1. The summed E-state index contributed by atoms with van der Waals surface area (Å²) in [6.07, 6.45) is 3.91. The van der Waals surface area contributed by atoms with Crippen LogP contribution in [-0.2, 0) is 6.42 Å². The Bertz CT molecular complexity index is 1380. The van der Waals surface area contributed by atoms with Crippen LogP contribution in [-0.4, -0.2) is 40.8 Å². The van der Waals surface area contributed by atoms with Crippen molar-refractivity contribution in [3.05, 3.63) is 80.8 Å². The molecule has 200 valence electrons. The first-order chi connectivity index (χ1) is 18.2. The van der Waals surface area contributed by atoms with Crippen molar-refractivity contribution in [1.82, 2.24) is 9.88 Å². The number of piperidine rings is 1. The predicted molar refractivity (Wildman–Crippen MR) is 148 cm³/mol. The highest BCUT2D eigenvalue weighted by Crippen LogP contribution is 2.40. The van der Waals surface area contributed by atoms with Crippen LogP contribution in [0.25, 0.3) is 0 Å². The minimum Gasteiger partial charge on any atom is -0.487 e. The Morgan fingerprint density at radius 3 is 2.71 bits per heavy atom. The second-order valence-electron chi connectivity index (χ2n) is 9.83. The number of fused-ring (bicyclic) bond motifs is 1. The van der Waals surface area contributed by atoms with E-state index in [9.17, 15) is 4.39 Å². The lowest BCUT2D eigenvalue weighted by atomic mass is 9.82. The largest absolute Gasteiger partial charge is 0.487 e. The molecule has 1 fully saturated rings. The minimum atomic E-state index is -1.16. The number of benzene rings is 2. The third kappa shape index (κ3) is 5.18. The van der Waals surface area contributed by atoms with Crippen LogP contribution in [0, 0.1) is 11.4 Å². The number of halogens is 3. The van der Waals surface area contributed by atoms with Crippen LogP contribution in [0.4, 0.5) is 10.1 Å². The summed E-state index contributed by atoms with van der Waals surface area (Å²) in [6.45, 7) is 5.39. The van der Waals surface area contributed by atoms with Crippen LogP contribution < -0.4 is 20.9 Å². The van der Waals surface area contributed by atoms with Crippen molar-refractivity contribution in [2.75, 3.05) is 25.4 Å². The first kappa shape index (κ1) is 26.7. The Hall–Kier alpha value is -2.91. The lowest BCUT2D eigenvalue weighted by molar-refractivity contribution is -0.0132. The summed E-state index contributed by atoms with van der Waals surface area (Å²) >= 11 is 12.1. The zero-order chi connectivity index (χ0) is 27.0. The molecule has 0 amide bonds. The zero-order valence-corrected chi connectivity index (χ0v) is 22.6. The lowest BCUT2D eigenvalue weighted by Crippen LogP contribution is -2.49. The highest BCUT2D eigenvalue weighted by molar-refractivity contribution is 6.35. The van der Waals surface area contributed by atoms with Gasteiger partial charge in [-0.3, -0.25) is 11.1 Å². The van der Waals surface area contributed by atoms with E-state index in [1.54, 1.807) is 18.2 Å². The fourth-order valence-corrected chi connectivity index (χ4v) is 5.77. The van der Waals surface area contributed by atoms with Crippen LogP contribution >= 0.6 is 23.2 Å². The Morgan fingerprint density at radius 1 is 1.21 bits per heavy atom. The van der Waals surface area contributed by atoms with Gasteiger partial charge >= 0.3 is 0 Å². The molecule has 1 atom stereocenters. The number of aryl methyl sites for hydroxylation is 1. The van der Waals surface area contributed by atoms with E-state index in [4.69, 9.17) is 49.6 Å². The number of ether oxygens (including phenoxy) is 2. The van der Waals surface area contributed by atoms with Gasteiger partial charge in [0.15, 0.2) is 6.23 Å². The topological polar surface area (TPSA) is 110 Å². The van der Waals surface area contributed by atoms with E-state index in [1.165, 1.54) is 0 Å². The molecule has 0 radical (unpaired) electrons. The van der Waals surface area contributed by atoms with Crippen molar-refractivity contribution >= 4 is 34.6 Å². The summed E-state index contributed by atoms with van der Waals surface area (Å²) < 4.78 is 26.2. The molecule has 3 aromatic rings. The van der Waals surface area contributed by atoms with Gasteiger partial charge in [0, 0.05) is 36.1 Å². The minimum absolute atomic E-state index is 0.0845. The molecule has 38 heavy (non-hydrogen) atoms. The predicted octanol–water partition coefficient (Wildman–Crippen LogP) is 5.74. The van der Waals surface area contributed by atoms with Crippen molar-refractivity contribution in [2.45, 2.75) is 44.4 Å². The maximum Gasteiger partial charge on any atom is 0.232 e. The summed E-state index contributed by atoms with van der Waals surface area (Å²) in [5, 5.41) is 8.67. The number of anilines is 1. The van der Waals surface area contributed by atoms with Gasteiger partial charge in [0.2, 0.25) is 5.95 Å². The number of rotatable bonds is 6. The van der Waals surface area contributed by atoms with Crippen LogP contribution in [0.2, 0.25) is 10.0 Å². The summed E-state index contributed by atoms with van der Waals surface area (Å²) in [7, 11) is 0. The van der Waals surface area contributed by atoms with E-state index in [0.717, 1.165) is 68.4 Å². The van der Waals surface area contributed by atoms with Gasteiger partial charge in [-0.25, -0.2) is 4.98 Å². The molecular formula is C28H30Cl2FN5O2. The molecule has 0 bridgehead atoms. The summed E-state index contributed by atoms with van der Waals surface area (Å²) in [4.78, 5) is 5.94. The monoisotopic (exact) mass is 557 g/mol. The molecule has 5 rings (SSSR count). The fraction of sp³-hybridized carbons (Fsp3) is 0.357. The van der Waals surface area contributed by atoms with Crippen molar-refractivity contribution in [3.8, 4) is 11.5 Å². The number of likely N-dealkylation sites (tertiary alicyclic amines) is 1. The van der Waals surface area contributed by atoms with Gasteiger partial charge in [-0.1, -0.05) is 30.1 Å². The maximum absolute atomic E-state index is 13.9. The molecule has 5 N–H and O–H groups in total. The molecule has 2 aliphatic rings. The van der Waals surface area contributed by atoms with Gasteiger partial charge < -0.3 is 20.1 Å². The Morgan fingerprint density at radius 2 is 1.97 bits per heavy atom. The van der Waals surface area contributed by atoms with Crippen LogP contribution in [0.15, 0.2) is 42.6 Å². The first-order valence-electron chi connectivity index (χ1n) is 12.6. The fourth-order valence-electron chi connectivity index (χ4n) is 5.21. The van der Waals surface area contributed by atoms with E-state index >= 15 is 0 Å². The van der Waals surface area contributed by atoms with Crippen LogP contribution in [0.1, 0.15) is 54.7 Å². The second-order valence-corrected chi connectivity index (χ2v) is 10.6. The van der Waals surface area contributed by atoms with Gasteiger partial charge in [0.1, 0.15) is 22.1 Å². The number of nitrogens with zero attached hydrogens (tertiary/aromatic N) is 2. The molecule has 0 unspecified atom stereocenters. The molecule has 0 aliphatic carbocycles. The molecule has 2 aliphatic heterocycles.